The Balaban J connectivity index is 1.52. The molecular weight excluding hydrogens is 328 g/mol. The van der Waals surface area contributed by atoms with E-state index in [1.165, 1.54) is 0 Å². The number of carbonyl (C=O) groups is 2. The summed E-state index contributed by atoms with van der Waals surface area (Å²) in [6.45, 7) is 1.42. The number of likely N-dealkylation sites (tertiary alicyclic amines) is 1. The first kappa shape index (κ1) is 16.4. The number of carboxylic acid groups (broad SMARTS) is 1. The van der Waals surface area contributed by atoms with E-state index in [0.29, 0.717) is 12.1 Å². The first-order valence-electron chi connectivity index (χ1n) is 8.81. The lowest BCUT2D eigenvalue weighted by molar-refractivity contribution is 0.0693. The van der Waals surface area contributed by atoms with Crippen molar-refractivity contribution in [2.75, 3.05) is 13.1 Å². The van der Waals surface area contributed by atoms with Gasteiger partial charge in [0.25, 0.3) is 5.91 Å². The molecule has 0 aliphatic carbocycles. The van der Waals surface area contributed by atoms with Crippen LogP contribution >= 0.6 is 0 Å². The molecule has 4 rings (SSSR count). The number of carboxylic acids is 1. The predicted molar refractivity (Wildman–Crippen MR) is 99.6 cm³/mol. The Labute approximate surface area is 151 Å². The summed E-state index contributed by atoms with van der Waals surface area (Å²) < 4.78 is 0. The fourth-order valence-corrected chi connectivity index (χ4v) is 3.70. The fourth-order valence-electron chi connectivity index (χ4n) is 3.70. The minimum atomic E-state index is -0.919. The van der Waals surface area contributed by atoms with Crippen molar-refractivity contribution in [3.05, 3.63) is 71.4 Å². The Hall–Kier alpha value is -3.08. The molecule has 2 N–H and O–H groups in total. The van der Waals surface area contributed by atoms with Gasteiger partial charge in [-0.1, -0.05) is 12.1 Å². The lowest BCUT2D eigenvalue weighted by Crippen LogP contribution is -2.39. The molecular formula is C21H20N2O3. The average Bonchev–Trinajstić information content (AvgIpc) is 3.15. The molecule has 0 spiro atoms. The van der Waals surface area contributed by atoms with Gasteiger partial charge < -0.3 is 15.0 Å². The highest BCUT2D eigenvalue weighted by Crippen LogP contribution is 2.28. The van der Waals surface area contributed by atoms with Crippen LogP contribution in [0.5, 0.6) is 0 Å². The monoisotopic (exact) mass is 348 g/mol. The van der Waals surface area contributed by atoms with Gasteiger partial charge in [0, 0.05) is 41.7 Å². The van der Waals surface area contributed by atoms with Crippen LogP contribution in [0.4, 0.5) is 0 Å². The van der Waals surface area contributed by atoms with Gasteiger partial charge >= 0.3 is 5.97 Å². The summed E-state index contributed by atoms with van der Waals surface area (Å²) in [7, 11) is 0. The van der Waals surface area contributed by atoms with Gasteiger partial charge in [-0.05, 0) is 54.8 Å². The van der Waals surface area contributed by atoms with Gasteiger partial charge in [0.2, 0.25) is 0 Å². The number of nitrogens with one attached hydrogen (secondary N) is 1. The van der Waals surface area contributed by atoms with Crippen LogP contribution in [0.15, 0.2) is 54.7 Å². The summed E-state index contributed by atoms with van der Waals surface area (Å²) in [6, 6.07) is 14.7. The number of nitrogens with zero attached hydrogens (tertiary/aromatic N) is 1. The molecule has 0 bridgehead atoms. The molecule has 5 nitrogen and oxygen atoms in total. The van der Waals surface area contributed by atoms with Gasteiger partial charge in [0.1, 0.15) is 0 Å². The number of rotatable bonds is 3. The highest BCUT2D eigenvalue weighted by atomic mass is 16.4. The maximum absolute atomic E-state index is 12.9. The van der Waals surface area contributed by atoms with Crippen LogP contribution in [0.2, 0.25) is 0 Å². The van der Waals surface area contributed by atoms with Crippen LogP contribution in [0, 0.1) is 0 Å². The molecule has 132 valence electrons. The molecule has 1 aliphatic heterocycles. The summed E-state index contributed by atoms with van der Waals surface area (Å²) in [5.74, 6) is -0.622. The fraction of sp³-hybridized carbons (Fsp3) is 0.238. The standard InChI is InChI=1S/C21H20N2O3/c24-20(17-7-8-19-16(12-17)9-10-22-19)23-11-1-2-18(13-23)14-3-5-15(6-4-14)21(25)26/h3-10,12,18,22H,1-2,11,13H2,(H,25,26)/t18-/m0/s1. The van der Waals surface area contributed by atoms with E-state index in [-0.39, 0.29) is 17.4 Å². The van der Waals surface area contributed by atoms with E-state index in [1.807, 2.05) is 47.5 Å². The third-order valence-electron chi connectivity index (χ3n) is 5.14. The van der Waals surface area contributed by atoms with Crippen molar-refractivity contribution in [3.63, 3.8) is 0 Å². The Bertz CT molecular complexity index is 959. The molecule has 2 aromatic carbocycles. The lowest BCUT2D eigenvalue weighted by atomic mass is 9.90. The van der Waals surface area contributed by atoms with E-state index in [0.717, 1.165) is 35.9 Å². The molecule has 1 aliphatic rings. The normalized spacial score (nSPS) is 17.4. The van der Waals surface area contributed by atoms with Gasteiger partial charge in [-0.25, -0.2) is 4.79 Å². The molecule has 1 atom stereocenters. The van der Waals surface area contributed by atoms with Crippen LogP contribution < -0.4 is 0 Å². The molecule has 1 saturated heterocycles. The zero-order valence-corrected chi connectivity index (χ0v) is 14.3. The van der Waals surface area contributed by atoms with E-state index in [2.05, 4.69) is 4.98 Å². The van der Waals surface area contributed by atoms with Crippen LogP contribution in [0.1, 0.15) is 45.0 Å². The van der Waals surface area contributed by atoms with Crippen molar-refractivity contribution in [1.82, 2.24) is 9.88 Å². The Morgan fingerprint density at radius 2 is 1.81 bits per heavy atom. The van der Waals surface area contributed by atoms with Crippen molar-refractivity contribution in [1.29, 1.82) is 0 Å². The number of carbonyl (C=O) groups excluding carboxylic acids is 1. The minimum Gasteiger partial charge on any atom is -0.478 e. The first-order chi connectivity index (χ1) is 12.6. The van der Waals surface area contributed by atoms with Crippen LogP contribution in [0.3, 0.4) is 0 Å². The van der Waals surface area contributed by atoms with Crippen LogP contribution in [0.25, 0.3) is 10.9 Å². The summed E-state index contributed by atoms with van der Waals surface area (Å²) in [6.07, 6.45) is 3.83. The summed E-state index contributed by atoms with van der Waals surface area (Å²) in [4.78, 5) is 29.0. The molecule has 5 heteroatoms. The largest absolute Gasteiger partial charge is 0.478 e. The Morgan fingerprint density at radius 3 is 2.58 bits per heavy atom. The molecule has 2 heterocycles. The molecule has 1 aromatic heterocycles. The second-order valence-electron chi connectivity index (χ2n) is 6.80. The predicted octanol–water partition coefficient (Wildman–Crippen LogP) is 3.89. The van der Waals surface area contributed by atoms with Crippen molar-refractivity contribution in [2.45, 2.75) is 18.8 Å². The number of amides is 1. The third-order valence-corrected chi connectivity index (χ3v) is 5.14. The number of benzene rings is 2. The van der Waals surface area contributed by atoms with Gasteiger partial charge in [-0.2, -0.15) is 0 Å². The maximum Gasteiger partial charge on any atom is 0.335 e. The van der Waals surface area contributed by atoms with E-state index in [1.54, 1.807) is 12.1 Å². The number of aromatic carboxylic acids is 1. The van der Waals surface area contributed by atoms with Gasteiger partial charge in [-0.15, -0.1) is 0 Å². The Kier molecular flexibility index (Phi) is 4.21. The lowest BCUT2D eigenvalue weighted by Gasteiger charge is -2.33. The molecule has 1 amide bonds. The van der Waals surface area contributed by atoms with Gasteiger partial charge in [-0.3, -0.25) is 4.79 Å². The second-order valence-corrected chi connectivity index (χ2v) is 6.80. The molecule has 0 saturated carbocycles. The van der Waals surface area contributed by atoms with Crippen molar-refractivity contribution >= 4 is 22.8 Å². The Morgan fingerprint density at radius 1 is 1.04 bits per heavy atom. The smallest absolute Gasteiger partial charge is 0.335 e. The first-order valence-corrected chi connectivity index (χ1v) is 8.81. The van der Waals surface area contributed by atoms with Gasteiger partial charge in [0.05, 0.1) is 5.56 Å². The average molecular weight is 348 g/mol. The molecule has 0 radical (unpaired) electrons. The van der Waals surface area contributed by atoms with Crippen LogP contribution in [-0.2, 0) is 0 Å². The SMILES string of the molecule is O=C(O)c1ccc([C@H]2CCCN(C(=O)c3ccc4[nH]ccc4c3)C2)cc1. The van der Waals surface area contributed by atoms with E-state index >= 15 is 0 Å². The van der Waals surface area contributed by atoms with Gasteiger partial charge in [0.15, 0.2) is 0 Å². The summed E-state index contributed by atoms with van der Waals surface area (Å²) >= 11 is 0. The summed E-state index contributed by atoms with van der Waals surface area (Å²) in [5.41, 5.74) is 3.11. The number of aromatic amines is 1. The van der Waals surface area contributed by atoms with Crippen molar-refractivity contribution in [3.8, 4) is 0 Å². The highest BCUT2D eigenvalue weighted by Gasteiger charge is 2.25. The maximum atomic E-state index is 12.9. The van der Waals surface area contributed by atoms with E-state index < -0.39 is 5.97 Å². The number of piperidine rings is 1. The second kappa shape index (κ2) is 6.67. The van der Waals surface area contributed by atoms with Crippen molar-refractivity contribution < 1.29 is 14.7 Å². The highest BCUT2D eigenvalue weighted by molar-refractivity contribution is 5.98. The molecule has 0 unspecified atom stereocenters. The van der Waals surface area contributed by atoms with Crippen molar-refractivity contribution in [2.24, 2.45) is 0 Å². The molecule has 26 heavy (non-hydrogen) atoms. The number of aromatic nitrogens is 1. The number of H-pyrrole nitrogens is 1. The third kappa shape index (κ3) is 3.08. The number of hydrogen-bond acceptors (Lipinski definition) is 2. The quantitative estimate of drug-likeness (QED) is 0.754. The molecule has 3 aromatic rings. The molecule has 1 fully saturated rings. The number of fused-ring (bicyclic) bond motifs is 1. The van der Waals surface area contributed by atoms with E-state index in [9.17, 15) is 9.59 Å². The number of hydrogen-bond donors (Lipinski definition) is 2. The van der Waals surface area contributed by atoms with Crippen LogP contribution in [-0.4, -0.2) is 40.0 Å². The van der Waals surface area contributed by atoms with E-state index in [4.69, 9.17) is 5.11 Å². The topological polar surface area (TPSA) is 73.4 Å². The zero-order chi connectivity index (χ0) is 18.1. The minimum absolute atomic E-state index is 0.0555. The zero-order valence-electron chi connectivity index (χ0n) is 14.3. The summed E-state index contributed by atoms with van der Waals surface area (Å²) in [5, 5.41) is 10.1.